The molecule has 0 bridgehead atoms. The number of rotatable bonds is 6. The van der Waals surface area contributed by atoms with Crippen molar-refractivity contribution in [2.24, 2.45) is 0 Å². The molecule has 0 atom stereocenters. The van der Waals surface area contributed by atoms with Crippen molar-refractivity contribution in [3.05, 3.63) is 23.2 Å². The Balaban J connectivity index is 2.83. The second kappa shape index (κ2) is 7.82. The number of benzene rings is 1. The van der Waals surface area contributed by atoms with Gasteiger partial charge in [-0.25, -0.2) is 13.6 Å². The number of thioether (sulfide) groups is 1. The number of amides is 2. The summed E-state index contributed by atoms with van der Waals surface area (Å²) in [5.41, 5.74) is -0.446. The lowest BCUT2D eigenvalue weighted by Crippen LogP contribution is -2.48. The largest absolute Gasteiger partial charge is 0.394 e. The highest BCUT2D eigenvalue weighted by atomic mass is 35.5. The predicted molar refractivity (Wildman–Crippen MR) is 81.5 cm³/mol. The lowest BCUT2D eigenvalue weighted by molar-refractivity contribution is 0.177. The summed E-state index contributed by atoms with van der Waals surface area (Å²) in [7, 11) is 0. The first-order valence-electron chi connectivity index (χ1n) is 6.14. The first-order valence-corrected chi connectivity index (χ1v) is 7.51. The number of aliphatic hydroxyl groups is 1. The van der Waals surface area contributed by atoms with Gasteiger partial charge >= 0.3 is 6.03 Å². The van der Waals surface area contributed by atoms with Crippen molar-refractivity contribution in [2.45, 2.75) is 30.7 Å². The molecule has 4 nitrogen and oxygen atoms in total. The van der Waals surface area contributed by atoms with Crippen LogP contribution in [0.5, 0.6) is 0 Å². The topological polar surface area (TPSA) is 61.4 Å². The van der Waals surface area contributed by atoms with E-state index in [1.165, 1.54) is 0 Å². The number of urea groups is 1. The summed E-state index contributed by atoms with van der Waals surface area (Å²) >= 11 is 6.85. The third kappa shape index (κ3) is 6.07. The van der Waals surface area contributed by atoms with Crippen LogP contribution < -0.4 is 10.6 Å². The minimum Gasteiger partial charge on any atom is -0.394 e. The summed E-state index contributed by atoms with van der Waals surface area (Å²) < 4.78 is 24.6. The van der Waals surface area contributed by atoms with E-state index in [0.717, 1.165) is 11.8 Å². The van der Waals surface area contributed by atoms with Crippen molar-refractivity contribution in [3.8, 4) is 0 Å². The molecule has 1 aromatic carbocycles. The quantitative estimate of drug-likeness (QED) is 0.695. The van der Waals surface area contributed by atoms with E-state index in [-0.39, 0.29) is 6.61 Å². The second-order valence-electron chi connectivity index (χ2n) is 4.94. The van der Waals surface area contributed by atoms with Crippen LogP contribution in [0, 0.1) is 0 Å². The fourth-order valence-electron chi connectivity index (χ4n) is 1.40. The molecule has 0 unspecified atom stereocenters. The molecule has 0 radical (unpaired) electrons. The van der Waals surface area contributed by atoms with E-state index in [9.17, 15) is 13.6 Å². The molecule has 0 aromatic heterocycles. The average molecular weight is 339 g/mol. The minimum atomic E-state index is -2.47. The van der Waals surface area contributed by atoms with Crippen LogP contribution in [-0.4, -0.2) is 35.5 Å². The summed E-state index contributed by atoms with van der Waals surface area (Å²) in [6.45, 7) is 3.07. The van der Waals surface area contributed by atoms with E-state index in [2.05, 4.69) is 10.6 Å². The standard InChI is InChI=1S/C13H17ClF2N2O2S/c1-13(2,7-19)18-12(20)17-9-5-3-4-8(14)11(9)21-6-10(15)16/h3-5,10,19H,6-7H2,1-2H3,(H2,17,18,20). The molecular formula is C13H17ClF2N2O2S. The number of aliphatic hydroxyl groups excluding tert-OH is 1. The Morgan fingerprint density at radius 1 is 1.48 bits per heavy atom. The zero-order valence-corrected chi connectivity index (χ0v) is 13.2. The van der Waals surface area contributed by atoms with E-state index in [4.69, 9.17) is 16.7 Å². The van der Waals surface area contributed by atoms with E-state index in [1.54, 1.807) is 32.0 Å². The van der Waals surface area contributed by atoms with Gasteiger partial charge in [-0.3, -0.25) is 0 Å². The molecule has 0 spiro atoms. The molecule has 118 valence electrons. The van der Waals surface area contributed by atoms with E-state index in [0.29, 0.717) is 15.6 Å². The van der Waals surface area contributed by atoms with Crippen molar-refractivity contribution in [1.82, 2.24) is 5.32 Å². The van der Waals surface area contributed by atoms with Gasteiger partial charge in [0.2, 0.25) is 6.43 Å². The first-order chi connectivity index (χ1) is 9.75. The second-order valence-corrected chi connectivity index (χ2v) is 6.38. The van der Waals surface area contributed by atoms with Gasteiger partial charge in [-0.2, -0.15) is 0 Å². The molecule has 0 saturated heterocycles. The molecule has 2 amide bonds. The van der Waals surface area contributed by atoms with Gasteiger partial charge in [0, 0.05) is 4.90 Å². The number of hydrogen-bond acceptors (Lipinski definition) is 3. The van der Waals surface area contributed by atoms with Gasteiger partial charge in [-0.15, -0.1) is 11.8 Å². The SMILES string of the molecule is CC(C)(CO)NC(=O)Nc1cccc(Cl)c1SCC(F)F. The Hall–Kier alpha value is -1.05. The van der Waals surface area contributed by atoms with Crippen LogP contribution in [0.25, 0.3) is 0 Å². The third-order valence-electron chi connectivity index (χ3n) is 2.42. The highest BCUT2D eigenvalue weighted by Gasteiger charge is 2.20. The maximum Gasteiger partial charge on any atom is 0.319 e. The van der Waals surface area contributed by atoms with Crippen molar-refractivity contribution in [2.75, 3.05) is 17.7 Å². The summed E-state index contributed by atoms with van der Waals surface area (Å²) in [4.78, 5) is 12.2. The first kappa shape index (κ1) is 18.0. The number of hydrogen-bond donors (Lipinski definition) is 3. The molecule has 0 fully saturated rings. The predicted octanol–water partition coefficient (Wildman–Crippen LogP) is 3.59. The van der Waals surface area contributed by atoms with Crippen LogP contribution >= 0.6 is 23.4 Å². The molecule has 0 saturated carbocycles. The Morgan fingerprint density at radius 2 is 2.14 bits per heavy atom. The molecule has 0 heterocycles. The average Bonchev–Trinajstić information content (AvgIpc) is 2.37. The van der Waals surface area contributed by atoms with E-state index < -0.39 is 23.7 Å². The lowest BCUT2D eigenvalue weighted by Gasteiger charge is -2.24. The van der Waals surface area contributed by atoms with E-state index in [1.807, 2.05) is 0 Å². The van der Waals surface area contributed by atoms with Gasteiger partial charge < -0.3 is 15.7 Å². The molecule has 0 aliphatic heterocycles. The molecule has 0 aliphatic carbocycles. The number of halogens is 3. The molecule has 8 heteroatoms. The van der Waals surface area contributed by atoms with Crippen LogP contribution in [-0.2, 0) is 0 Å². The van der Waals surface area contributed by atoms with Gasteiger partial charge in [0.05, 0.1) is 28.6 Å². The number of carbonyl (C=O) groups is 1. The maximum absolute atomic E-state index is 12.3. The highest BCUT2D eigenvalue weighted by molar-refractivity contribution is 7.99. The Kier molecular flexibility index (Phi) is 6.70. The Bertz CT molecular complexity index is 501. The highest BCUT2D eigenvalue weighted by Crippen LogP contribution is 2.35. The summed E-state index contributed by atoms with van der Waals surface area (Å²) in [5.74, 6) is -0.415. The van der Waals surface area contributed by atoms with Crippen molar-refractivity contribution >= 4 is 35.1 Å². The zero-order valence-electron chi connectivity index (χ0n) is 11.6. The van der Waals surface area contributed by atoms with Gasteiger partial charge in [0.15, 0.2) is 0 Å². The molecule has 1 aromatic rings. The van der Waals surface area contributed by atoms with Gasteiger partial charge in [0.1, 0.15) is 0 Å². The normalized spacial score (nSPS) is 11.6. The van der Waals surface area contributed by atoms with E-state index >= 15 is 0 Å². The smallest absolute Gasteiger partial charge is 0.319 e. The zero-order chi connectivity index (χ0) is 16.0. The Labute approximate surface area is 131 Å². The Morgan fingerprint density at radius 3 is 2.71 bits per heavy atom. The van der Waals surface area contributed by atoms with Crippen LogP contribution in [0.2, 0.25) is 5.02 Å². The number of carbonyl (C=O) groups excluding carboxylic acids is 1. The molecule has 3 N–H and O–H groups in total. The number of anilines is 1. The fourth-order valence-corrected chi connectivity index (χ4v) is 2.51. The lowest BCUT2D eigenvalue weighted by atomic mass is 10.1. The summed E-state index contributed by atoms with van der Waals surface area (Å²) in [5, 5.41) is 14.5. The van der Waals surface area contributed by atoms with Gasteiger partial charge in [0.25, 0.3) is 0 Å². The van der Waals surface area contributed by atoms with Gasteiger partial charge in [-0.05, 0) is 26.0 Å². The summed E-state index contributed by atoms with van der Waals surface area (Å²) in [6.07, 6.45) is -2.47. The summed E-state index contributed by atoms with van der Waals surface area (Å²) in [6, 6.07) is 4.21. The van der Waals surface area contributed by atoms with Crippen LogP contribution in [0.4, 0.5) is 19.3 Å². The monoisotopic (exact) mass is 338 g/mol. The van der Waals surface area contributed by atoms with Crippen LogP contribution in [0.15, 0.2) is 23.1 Å². The maximum atomic E-state index is 12.3. The number of nitrogens with one attached hydrogen (secondary N) is 2. The van der Waals surface area contributed by atoms with Crippen LogP contribution in [0.1, 0.15) is 13.8 Å². The van der Waals surface area contributed by atoms with Gasteiger partial charge in [-0.1, -0.05) is 17.7 Å². The fraction of sp³-hybridized carbons (Fsp3) is 0.462. The van der Waals surface area contributed by atoms with Crippen molar-refractivity contribution in [1.29, 1.82) is 0 Å². The minimum absolute atomic E-state index is 0.233. The molecular weight excluding hydrogens is 322 g/mol. The molecule has 1 rings (SSSR count). The molecule has 0 aliphatic rings. The molecule has 21 heavy (non-hydrogen) atoms. The third-order valence-corrected chi connectivity index (χ3v) is 3.99. The van der Waals surface area contributed by atoms with Crippen molar-refractivity contribution in [3.63, 3.8) is 0 Å². The van der Waals surface area contributed by atoms with Crippen molar-refractivity contribution < 1.29 is 18.7 Å². The number of alkyl halides is 2. The van der Waals surface area contributed by atoms with Crippen LogP contribution in [0.3, 0.4) is 0 Å².